The number of aliphatic hydroxyl groups excluding tert-OH is 2. The Morgan fingerprint density at radius 3 is 2.71 bits per heavy atom. The van der Waals surface area contributed by atoms with Crippen LogP contribution < -0.4 is 5.32 Å². The summed E-state index contributed by atoms with van der Waals surface area (Å²) in [4.78, 5) is 15.0. The molecule has 1 rings (SSSR count). The molecule has 1 aromatic heterocycles. The number of nitrogens with one attached hydrogen (secondary N) is 1. The van der Waals surface area contributed by atoms with Crippen molar-refractivity contribution in [3.8, 4) is 0 Å². The Bertz CT molecular complexity index is 366. The smallest absolute Gasteiger partial charge is 0.356 e. The van der Waals surface area contributed by atoms with Gasteiger partial charge in [-0.2, -0.15) is 0 Å². The summed E-state index contributed by atoms with van der Waals surface area (Å²) in [6.45, 7) is 0.264. The van der Waals surface area contributed by atoms with E-state index in [1.54, 1.807) is 7.05 Å². The number of esters is 1. The minimum Gasteiger partial charge on any atom is -0.464 e. The van der Waals surface area contributed by atoms with Gasteiger partial charge in [0.2, 0.25) is 0 Å². The summed E-state index contributed by atoms with van der Waals surface area (Å²) in [5.41, 5.74) is 0.604. The Hall–Kier alpha value is -1.50. The van der Waals surface area contributed by atoms with E-state index in [9.17, 15) is 15.0 Å². The SMILES string of the molecule is CNCC(O)C(O)c1ccc(C(=O)OC)nc1. The van der Waals surface area contributed by atoms with Crippen molar-refractivity contribution in [2.45, 2.75) is 12.2 Å². The lowest BCUT2D eigenvalue weighted by Crippen LogP contribution is -2.29. The molecule has 0 spiro atoms. The van der Waals surface area contributed by atoms with Gasteiger partial charge in [-0.15, -0.1) is 0 Å². The molecule has 6 heteroatoms. The van der Waals surface area contributed by atoms with Crippen molar-refractivity contribution < 1.29 is 19.7 Å². The molecule has 0 aromatic carbocycles. The highest BCUT2D eigenvalue weighted by Gasteiger charge is 2.18. The predicted molar refractivity (Wildman–Crippen MR) is 60.5 cm³/mol. The molecule has 17 heavy (non-hydrogen) atoms. The van der Waals surface area contributed by atoms with Gasteiger partial charge in [0, 0.05) is 18.3 Å². The van der Waals surface area contributed by atoms with Crippen LogP contribution in [0.25, 0.3) is 0 Å². The fourth-order valence-corrected chi connectivity index (χ4v) is 1.35. The third-order valence-corrected chi connectivity index (χ3v) is 2.30. The van der Waals surface area contributed by atoms with Crippen LogP contribution in [0.3, 0.4) is 0 Å². The van der Waals surface area contributed by atoms with E-state index in [-0.39, 0.29) is 12.2 Å². The van der Waals surface area contributed by atoms with Gasteiger partial charge in [-0.25, -0.2) is 9.78 Å². The number of methoxy groups -OCH3 is 1. The Labute approximate surface area is 99.3 Å². The first-order chi connectivity index (χ1) is 8.10. The van der Waals surface area contributed by atoms with Gasteiger partial charge in [0.1, 0.15) is 11.8 Å². The molecule has 0 fully saturated rings. The number of rotatable bonds is 5. The molecule has 2 unspecified atom stereocenters. The molecule has 0 saturated carbocycles. The number of likely N-dealkylation sites (N-methyl/N-ethyl adjacent to an activating group) is 1. The fraction of sp³-hybridized carbons (Fsp3) is 0.455. The maximum Gasteiger partial charge on any atom is 0.356 e. The summed E-state index contributed by atoms with van der Waals surface area (Å²) in [6.07, 6.45) is -0.622. The van der Waals surface area contributed by atoms with Crippen LogP contribution in [-0.4, -0.2) is 48.0 Å². The molecule has 0 bridgehead atoms. The molecular weight excluding hydrogens is 224 g/mol. The van der Waals surface area contributed by atoms with E-state index in [1.807, 2.05) is 0 Å². The number of aromatic nitrogens is 1. The fourth-order valence-electron chi connectivity index (χ4n) is 1.35. The van der Waals surface area contributed by atoms with Gasteiger partial charge in [-0.1, -0.05) is 6.07 Å². The van der Waals surface area contributed by atoms with Gasteiger partial charge < -0.3 is 20.3 Å². The van der Waals surface area contributed by atoms with Gasteiger partial charge in [0.05, 0.1) is 13.2 Å². The van der Waals surface area contributed by atoms with E-state index in [0.717, 1.165) is 0 Å². The Morgan fingerprint density at radius 1 is 1.53 bits per heavy atom. The summed E-state index contributed by atoms with van der Waals surface area (Å²) < 4.78 is 4.50. The molecule has 1 heterocycles. The third kappa shape index (κ3) is 3.48. The monoisotopic (exact) mass is 240 g/mol. The molecule has 3 N–H and O–H groups in total. The topological polar surface area (TPSA) is 91.7 Å². The molecule has 0 aliphatic heterocycles. The van der Waals surface area contributed by atoms with Crippen LogP contribution in [0.4, 0.5) is 0 Å². The van der Waals surface area contributed by atoms with Crippen molar-refractivity contribution in [2.75, 3.05) is 20.7 Å². The largest absolute Gasteiger partial charge is 0.464 e. The Balaban J connectivity index is 2.76. The summed E-state index contributed by atoms with van der Waals surface area (Å²) in [5.74, 6) is -0.540. The number of pyridine rings is 1. The first-order valence-corrected chi connectivity index (χ1v) is 5.15. The van der Waals surface area contributed by atoms with Gasteiger partial charge in [-0.3, -0.25) is 0 Å². The average Bonchev–Trinajstić information content (AvgIpc) is 2.37. The number of aliphatic hydroxyl groups is 2. The molecule has 0 saturated heterocycles. The van der Waals surface area contributed by atoms with Gasteiger partial charge in [0.25, 0.3) is 0 Å². The lowest BCUT2D eigenvalue weighted by molar-refractivity contribution is 0.0200. The Kier molecular flexibility index (Phi) is 5.02. The van der Waals surface area contributed by atoms with E-state index >= 15 is 0 Å². The van der Waals surface area contributed by atoms with E-state index < -0.39 is 18.2 Å². The standard InChI is InChI=1S/C11H16N2O4/c1-12-6-9(14)10(15)7-3-4-8(13-5-7)11(16)17-2/h3-5,9-10,12,14-15H,6H2,1-2H3. The molecule has 1 aromatic rings. The highest BCUT2D eigenvalue weighted by Crippen LogP contribution is 2.15. The quantitative estimate of drug-likeness (QED) is 0.600. The molecule has 6 nitrogen and oxygen atoms in total. The normalized spacial score (nSPS) is 14.1. The minimum absolute atomic E-state index is 0.159. The van der Waals surface area contributed by atoms with Crippen molar-refractivity contribution in [1.29, 1.82) is 0 Å². The van der Waals surface area contributed by atoms with Crippen molar-refractivity contribution in [1.82, 2.24) is 10.3 Å². The van der Waals surface area contributed by atoms with Crippen LogP contribution in [-0.2, 0) is 4.74 Å². The maximum absolute atomic E-state index is 11.1. The summed E-state index contributed by atoms with van der Waals surface area (Å²) in [5, 5.41) is 22.1. The lowest BCUT2D eigenvalue weighted by atomic mass is 10.1. The van der Waals surface area contributed by atoms with Crippen molar-refractivity contribution in [3.63, 3.8) is 0 Å². The number of carbonyl (C=O) groups is 1. The van der Waals surface area contributed by atoms with E-state index in [2.05, 4.69) is 15.0 Å². The van der Waals surface area contributed by atoms with E-state index in [4.69, 9.17) is 0 Å². The van der Waals surface area contributed by atoms with Gasteiger partial charge in [-0.05, 0) is 13.1 Å². The minimum atomic E-state index is -1.04. The predicted octanol–water partition coefficient (Wildman–Crippen LogP) is -0.518. The van der Waals surface area contributed by atoms with Crippen LogP contribution >= 0.6 is 0 Å². The summed E-state index contributed by atoms with van der Waals surface area (Å²) in [6, 6.07) is 2.97. The van der Waals surface area contributed by atoms with E-state index in [0.29, 0.717) is 5.56 Å². The lowest BCUT2D eigenvalue weighted by Gasteiger charge is -2.17. The second-order valence-electron chi connectivity index (χ2n) is 3.54. The van der Waals surface area contributed by atoms with Crippen molar-refractivity contribution in [3.05, 3.63) is 29.6 Å². The van der Waals surface area contributed by atoms with Crippen molar-refractivity contribution >= 4 is 5.97 Å². The van der Waals surface area contributed by atoms with E-state index in [1.165, 1.54) is 25.4 Å². The molecule has 0 radical (unpaired) electrons. The highest BCUT2D eigenvalue weighted by molar-refractivity contribution is 5.86. The molecular formula is C11H16N2O4. The van der Waals surface area contributed by atoms with Crippen molar-refractivity contribution in [2.24, 2.45) is 0 Å². The molecule has 0 aliphatic carbocycles. The first kappa shape index (κ1) is 13.6. The number of carbonyl (C=O) groups excluding carboxylic acids is 1. The summed E-state index contributed by atoms with van der Waals surface area (Å²) >= 11 is 0. The zero-order chi connectivity index (χ0) is 12.8. The van der Waals surface area contributed by atoms with Gasteiger partial charge >= 0.3 is 5.97 Å². The van der Waals surface area contributed by atoms with Crippen LogP contribution in [0.2, 0.25) is 0 Å². The van der Waals surface area contributed by atoms with Crippen LogP contribution in [0, 0.1) is 0 Å². The number of ether oxygens (including phenoxy) is 1. The molecule has 94 valence electrons. The van der Waals surface area contributed by atoms with Crippen LogP contribution in [0.1, 0.15) is 22.2 Å². The zero-order valence-electron chi connectivity index (χ0n) is 9.75. The van der Waals surface area contributed by atoms with Crippen LogP contribution in [0.5, 0.6) is 0 Å². The van der Waals surface area contributed by atoms with Crippen LogP contribution in [0.15, 0.2) is 18.3 Å². The highest BCUT2D eigenvalue weighted by atomic mass is 16.5. The zero-order valence-corrected chi connectivity index (χ0v) is 9.75. The third-order valence-electron chi connectivity index (χ3n) is 2.30. The maximum atomic E-state index is 11.1. The first-order valence-electron chi connectivity index (χ1n) is 5.15. The summed E-state index contributed by atoms with van der Waals surface area (Å²) in [7, 11) is 2.94. The number of nitrogens with zero attached hydrogens (tertiary/aromatic N) is 1. The number of hydrogen-bond acceptors (Lipinski definition) is 6. The molecule has 0 amide bonds. The molecule has 2 atom stereocenters. The second kappa shape index (κ2) is 6.29. The number of hydrogen-bond donors (Lipinski definition) is 3. The average molecular weight is 240 g/mol. The second-order valence-corrected chi connectivity index (χ2v) is 3.54. The molecule has 0 aliphatic rings. The Morgan fingerprint density at radius 2 is 2.24 bits per heavy atom. The van der Waals surface area contributed by atoms with Gasteiger partial charge in [0.15, 0.2) is 0 Å².